The van der Waals surface area contributed by atoms with Crippen LogP contribution in [-0.2, 0) is 0 Å². The van der Waals surface area contributed by atoms with Crippen LogP contribution in [-0.4, -0.2) is 9.38 Å². The molecule has 3 rings (SSSR count). The summed E-state index contributed by atoms with van der Waals surface area (Å²) in [4.78, 5) is 4.41. The van der Waals surface area contributed by atoms with E-state index in [2.05, 4.69) is 46.8 Å². The average Bonchev–Trinajstić information content (AvgIpc) is 2.61. The molecule has 0 spiro atoms. The van der Waals surface area contributed by atoms with Crippen LogP contribution in [0.1, 0.15) is 5.69 Å². The second-order valence-corrected chi connectivity index (χ2v) is 3.50. The lowest BCUT2D eigenvalue weighted by molar-refractivity contribution is 1.12. The Balaban J connectivity index is 2.61. The maximum Gasteiger partial charge on any atom is 0.144 e. The summed E-state index contributed by atoms with van der Waals surface area (Å²) in [6.07, 6.45) is 3.97. The van der Waals surface area contributed by atoms with Gasteiger partial charge in [-0.1, -0.05) is 24.3 Å². The Kier molecular flexibility index (Phi) is 1.39. The summed E-state index contributed by atoms with van der Waals surface area (Å²) in [6, 6.07) is 10.4. The fourth-order valence-electron chi connectivity index (χ4n) is 1.83. The van der Waals surface area contributed by atoms with Crippen molar-refractivity contribution in [1.82, 2.24) is 9.38 Å². The van der Waals surface area contributed by atoms with Crippen LogP contribution in [0, 0.1) is 6.92 Å². The Morgan fingerprint density at radius 1 is 1.14 bits per heavy atom. The molecule has 0 fully saturated rings. The molecule has 0 saturated heterocycles. The minimum atomic E-state index is 1.04. The van der Waals surface area contributed by atoms with Gasteiger partial charge in [0.25, 0.3) is 0 Å². The van der Waals surface area contributed by atoms with Crippen molar-refractivity contribution >= 4 is 16.4 Å². The maximum absolute atomic E-state index is 4.41. The SMILES string of the molecule is Cc1cnc2c3ccccc3ccn12. The highest BCUT2D eigenvalue weighted by atomic mass is 15.0. The van der Waals surface area contributed by atoms with E-state index in [4.69, 9.17) is 0 Å². The van der Waals surface area contributed by atoms with E-state index in [9.17, 15) is 0 Å². The number of pyridine rings is 1. The number of nitrogens with zero attached hydrogens (tertiary/aromatic N) is 2. The van der Waals surface area contributed by atoms with Gasteiger partial charge in [-0.3, -0.25) is 0 Å². The first-order valence-corrected chi connectivity index (χ1v) is 4.68. The molecule has 0 amide bonds. The van der Waals surface area contributed by atoms with E-state index < -0.39 is 0 Å². The van der Waals surface area contributed by atoms with Crippen LogP contribution >= 0.6 is 0 Å². The van der Waals surface area contributed by atoms with Crippen molar-refractivity contribution in [3.05, 3.63) is 48.4 Å². The molecule has 2 aromatic heterocycles. The molecular formula is C12H10N2. The van der Waals surface area contributed by atoms with Crippen molar-refractivity contribution in [2.45, 2.75) is 6.92 Å². The van der Waals surface area contributed by atoms with Crippen molar-refractivity contribution in [2.75, 3.05) is 0 Å². The van der Waals surface area contributed by atoms with Crippen LogP contribution < -0.4 is 0 Å². The van der Waals surface area contributed by atoms with Gasteiger partial charge < -0.3 is 4.40 Å². The van der Waals surface area contributed by atoms with Crippen LogP contribution in [0.5, 0.6) is 0 Å². The molecule has 2 heterocycles. The Morgan fingerprint density at radius 2 is 2.00 bits per heavy atom. The summed E-state index contributed by atoms with van der Waals surface area (Å²) < 4.78 is 2.11. The van der Waals surface area contributed by atoms with E-state index in [-0.39, 0.29) is 0 Å². The quantitative estimate of drug-likeness (QED) is 0.522. The molecule has 0 unspecified atom stereocenters. The smallest absolute Gasteiger partial charge is 0.144 e. The van der Waals surface area contributed by atoms with E-state index in [0.29, 0.717) is 0 Å². The summed E-state index contributed by atoms with van der Waals surface area (Å²) in [6.45, 7) is 2.06. The minimum absolute atomic E-state index is 1.04. The first kappa shape index (κ1) is 7.56. The standard InChI is InChI=1S/C12H10N2/c1-9-8-13-12-11-5-3-2-4-10(11)6-7-14(9)12/h2-8H,1H3. The predicted octanol–water partition coefficient (Wildman–Crippen LogP) is 2.80. The molecule has 2 nitrogen and oxygen atoms in total. The second kappa shape index (κ2) is 2.58. The van der Waals surface area contributed by atoms with Gasteiger partial charge in [0.2, 0.25) is 0 Å². The zero-order chi connectivity index (χ0) is 9.54. The van der Waals surface area contributed by atoms with Crippen LogP contribution in [0.25, 0.3) is 16.4 Å². The number of aromatic nitrogens is 2. The van der Waals surface area contributed by atoms with E-state index in [1.807, 2.05) is 12.3 Å². The van der Waals surface area contributed by atoms with Crippen molar-refractivity contribution in [3.8, 4) is 0 Å². The first-order valence-electron chi connectivity index (χ1n) is 4.68. The molecule has 0 saturated carbocycles. The Hall–Kier alpha value is -1.83. The molecule has 0 atom stereocenters. The average molecular weight is 182 g/mol. The zero-order valence-corrected chi connectivity index (χ0v) is 7.94. The molecule has 3 aromatic rings. The van der Waals surface area contributed by atoms with Crippen molar-refractivity contribution in [1.29, 1.82) is 0 Å². The van der Waals surface area contributed by atoms with E-state index in [1.54, 1.807) is 0 Å². The topological polar surface area (TPSA) is 17.3 Å². The summed E-state index contributed by atoms with van der Waals surface area (Å²) in [5.41, 5.74) is 2.21. The molecule has 0 aliphatic rings. The molecule has 0 bridgehead atoms. The van der Waals surface area contributed by atoms with Crippen molar-refractivity contribution in [2.24, 2.45) is 0 Å². The van der Waals surface area contributed by atoms with Crippen LogP contribution in [0.3, 0.4) is 0 Å². The number of aryl methyl sites for hydroxylation is 1. The molecule has 68 valence electrons. The third kappa shape index (κ3) is 0.880. The molecular weight excluding hydrogens is 172 g/mol. The van der Waals surface area contributed by atoms with Gasteiger partial charge in [0, 0.05) is 23.5 Å². The summed E-state index contributed by atoms with van der Waals surface area (Å²) in [5.74, 6) is 0. The summed E-state index contributed by atoms with van der Waals surface area (Å²) in [7, 11) is 0. The van der Waals surface area contributed by atoms with Gasteiger partial charge in [0.05, 0.1) is 0 Å². The molecule has 1 aromatic carbocycles. The maximum atomic E-state index is 4.41. The van der Waals surface area contributed by atoms with E-state index >= 15 is 0 Å². The van der Waals surface area contributed by atoms with Gasteiger partial charge in [0.1, 0.15) is 5.65 Å². The number of fused-ring (bicyclic) bond motifs is 3. The summed E-state index contributed by atoms with van der Waals surface area (Å²) >= 11 is 0. The molecule has 0 radical (unpaired) electrons. The Labute approximate surface area is 81.8 Å². The normalized spacial score (nSPS) is 11.2. The lowest BCUT2D eigenvalue weighted by atomic mass is 10.2. The second-order valence-electron chi connectivity index (χ2n) is 3.50. The van der Waals surface area contributed by atoms with Gasteiger partial charge in [-0.15, -0.1) is 0 Å². The summed E-state index contributed by atoms with van der Waals surface area (Å²) in [5, 5.41) is 2.45. The highest BCUT2D eigenvalue weighted by molar-refractivity contribution is 5.93. The fourth-order valence-corrected chi connectivity index (χ4v) is 1.83. The highest BCUT2D eigenvalue weighted by Gasteiger charge is 2.02. The van der Waals surface area contributed by atoms with Crippen LogP contribution in [0.15, 0.2) is 42.7 Å². The van der Waals surface area contributed by atoms with Crippen molar-refractivity contribution < 1.29 is 0 Å². The zero-order valence-electron chi connectivity index (χ0n) is 7.94. The number of hydrogen-bond donors (Lipinski definition) is 0. The van der Waals surface area contributed by atoms with E-state index in [0.717, 1.165) is 5.65 Å². The molecule has 0 aliphatic carbocycles. The van der Waals surface area contributed by atoms with Gasteiger partial charge in [-0.05, 0) is 18.4 Å². The predicted molar refractivity (Wildman–Crippen MR) is 57.4 cm³/mol. The van der Waals surface area contributed by atoms with Crippen LogP contribution in [0.2, 0.25) is 0 Å². The number of benzene rings is 1. The van der Waals surface area contributed by atoms with Gasteiger partial charge in [-0.2, -0.15) is 0 Å². The monoisotopic (exact) mass is 182 g/mol. The molecule has 14 heavy (non-hydrogen) atoms. The van der Waals surface area contributed by atoms with Gasteiger partial charge in [0.15, 0.2) is 0 Å². The highest BCUT2D eigenvalue weighted by Crippen LogP contribution is 2.19. The number of rotatable bonds is 0. The number of hydrogen-bond acceptors (Lipinski definition) is 1. The first-order chi connectivity index (χ1) is 6.86. The van der Waals surface area contributed by atoms with Crippen molar-refractivity contribution in [3.63, 3.8) is 0 Å². The van der Waals surface area contributed by atoms with Crippen LogP contribution in [0.4, 0.5) is 0 Å². The fraction of sp³-hybridized carbons (Fsp3) is 0.0833. The minimum Gasteiger partial charge on any atom is -0.304 e. The molecule has 2 heteroatoms. The Bertz CT molecular complexity index is 608. The number of imidazole rings is 1. The lowest BCUT2D eigenvalue weighted by Crippen LogP contribution is -1.87. The Morgan fingerprint density at radius 3 is 2.93 bits per heavy atom. The largest absolute Gasteiger partial charge is 0.304 e. The molecule has 0 N–H and O–H groups in total. The third-order valence-electron chi connectivity index (χ3n) is 2.59. The van der Waals surface area contributed by atoms with E-state index in [1.165, 1.54) is 16.5 Å². The van der Waals surface area contributed by atoms with Gasteiger partial charge >= 0.3 is 0 Å². The lowest BCUT2D eigenvalue weighted by Gasteiger charge is -2.00. The third-order valence-corrected chi connectivity index (χ3v) is 2.59. The van der Waals surface area contributed by atoms with Gasteiger partial charge in [-0.25, -0.2) is 4.98 Å². The molecule has 0 aliphatic heterocycles.